The lowest BCUT2D eigenvalue weighted by Crippen LogP contribution is -2.32. The van der Waals surface area contributed by atoms with Crippen LogP contribution in [-0.4, -0.2) is 24.1 Å². The maximum atomic E-state index is 4.35. The quantitative estimate of drug-likeness (QED) is 0.637. The van der Waals surface area contributed by atoms with Gasteiger partial charge in [-0.15, -0.1) is 0 Å². The van der Waals surface area contributed by atoms with Crippen molar-refractivity contribution in [2.45, 2.75) is 51.5 Å². The molecule has 1 aliphatic rings. The van der Waals surface area contributed by atoms with E-state index in [0.717, 1.165) is 29.4 Å². The van der Waals surface area contributed by atoms with Gasteiger partial charge in [-0.3, -0.25) is 0 Å². The predicted molar refractivity (Wildman–Crippen MR) is 84.7 cm³/mol. The van der Waals surface area contributed by atoms with Crippen LogP contribution in [0.3, 0.4) is 0 Å². The fourth-order valence-corrected chi connectivity index (χ4v) is 2.98. The second-order valence-electron chi connectivity index (χ2n) is 5.36. The zero-order valence-corrected chi connectivity index (χ0v) is 13.3. The van der Waals surface area contributed by atoms with Gasteiger partial charge in [0.1, 0.15) is 5.82 Å². The van der Waals surface area contributed by atoms with Gasteiger partial charge >= 0.3 is 0 Å². The lowest BCUT2D eigenvalue weighted by Gasteiger charge is -2.16. The first-order valence-electron chi connectivity index (χ1n) is 7.36. The van der Waals surface area contributed by atoms with Gasteiger partial charge < -0.3 is 10.6 Å². The van der Waals surface area contributed by atoms with Crippen LogP contribution in [0.4, 0.5) is 5.82 Å². The SMILES string of the molecule is Cc1ccnc(NCCNC2CCCCCC2)c1Br. The van der Waals surface area contributed by atoms with Gasteiger partial charge in [0, 0.05) is 25.3 Å². The summed E-state index contributed by atoms with van der Waals surface area (Å²) >= 11 is 3.57. The monoisotopic (exact) mass is 325 g/mol. The van der Waals surface area contributed by atoms with Crippen molar-refractivity contribution in [2.75, 3.05) is 18.4 Å². The topological polar surface area (TPSA) is 37.0 Å². The average Bonchev–Trinajstić information content (AvgIpc) is 2.68. The van der Waals surface area contributed by atoms with Gasteiger partial charge in [-0.1, -0.05) is 25.7 Å². The minimum atomic E-state index is 0.721. The molecule has 1 heterocycles. The highest BCUT2D eigenvalue weighted by Crippen LogP contribution is 2.22. The molecule has 1 aromatic heterocycles. The first-order chi connectivity index (χ1) is 9.27. The molecule has 2 rings (SSSR count). The Hall–Kier alpha value is -0.610. The zero-order chi connectivity index (χ0) is 13.5. The van der Waals surface area contributed by atoms with Crippen LogP contribution in [0.25, 0.3) is 0 Å². The van der Waals surface area contributed by atoms with E-state index < -0.39 is 0 Å². The third-order valence-electron chi connectivity index (χ3n) is 3.79. The Morgan fingerprint density at radius 1 is 1.21 bits per heavy atom. The summed E-state index contributed by atoms with van der Waals surface area (Å²) in [6, 6.07) is 2.73. The Balaban J connectivity index is 1.70. The summed E-state index contributed by atoms with van der Waals surface area (Å²) in [6.45, 7) is 4.01. The first kappa shape index (κ1) is 14.8. The van der Waals surface area contributed by atoms with E-state index in [0.29, 0.717) is 0 Å². The standard InChI is InChI=1S/C15H24BrN3/c1-12-8-9-18-15(14(12)16)19-11-10-17-13-6-4-2-3-5-7-13/h8-9,13,17H,2-7,10-11H2,1H3,(H,18,19). The lowest BCUT2D eigenvalue weighted by atomic mass is 10.1. The summed E-state index contributed by atoms with van der Waals surface area (Å²) in [6.07, 6.45) is 10.1. The van der Waals surface area contributed by atoms with Gasteiger partial charge in [0.05, 0.1) is 4.47 Å². The van der Waals surface area contributed by atoms with Crippen LogP contribution < -0.4 is 10.6 Å². The van der Waals surface area contributed by atoms with Crippen molar-refractivity contribution in [3.8, 4) is 0 Å². The molecule has 19 heavy (non-hydrogen) atoms. The maximum Gasteiger partial charge on any atom is 0.140 e. The Morgan fingerprint density at radius 3 is 2.68 bits per heavy atom. The van der Waals surface area contributed by atoms with Gasteiger partial charge in [-0.25, -0.2) is 4.98 Å². The summed E-state index contributed by atoms with van der Waals surface area (Å²) in [5.74, 6) is 0.947. The van der Waals surface area contributed by atoms with Crippen LogP contribution in [0.5, 0.6) is 0 Å². The number of hydrogen-bond acceptors (Lipinski definition) is 3. The molecule has 1 saturated carbocycles. The van der Waals surface area contributed by atoms with Crippen LogP contribution in [0, 0.1) is 6.92 Å². The summed E-state index contributed by atoms with van der Waals surface area (Å²) in [7, 11) is 0. The molecular formula is C15H24BrN3. The van der Waals surface area contributed by atoms with Crippen molar-refractivity contribution in [1.82, 2.24) is 10.3 Å². The number of rotatable bonds is 5. The third kappa shape index (κ3) is 4.77. The Bertz CT molecular complexity index is 387. The number of anilines is 1. The molecule has 0 unspecified atom stereocenters. The van der Waals surface area contributed by atoms with E-state index in [1.165, 1.54) is 44.1 Å². The number of aromatic nitrogens is 1. The molecule has 1 aromatic rings. The lowest BCUT2D eigenvalue weighted by molar-refractivity contribution is 0.468. The van der Waals surface area contributed by atoms with Crippen molar-refractivity contribution in [2.24, 2.45) is 0 Å². The molecular weight excluding hydrogens is 302 g/mol. The molecule has 1 aliphatic carbocycles. The van der Waals surface area contributed by atoms with Crippen molar-refractivity contribution in [3.05, 3.63) is 22.3 Å². The molecule has 0 amide bonds. The zero-order valence-electron chi connectivity index (χ0n) is 11.7. The Kier molecular flexibility index (Phi) is 6.11. The summed E-state index contributed by atoms with van der Waals surface area (Å²) in [5.41, 5.74) is 1.22. The molecule has 0 aliphatic heterocycles. The highest BCUT2D eigenvalue weighted by atomic mass is 79.9. The third-order valence-corrected chi connectivity index (χ3v) is 4.79. The van der Waals surface area contributed by atoms with Crippen molar-refractivity contribution in [3.63, 3.8) is 0 Å². The summed E-state index contributed by atoms with van der Waals surface area (Å²) < 4.78 is 1.07. The van der Waals surface area contributed by atoms with E-state index in [-0.39, 0.29) is 0 Å². The van der Waals surface area contributed by atoms with Crippen LogP contribution in [0.1, 0.15) is 44.1 Å². The molecule has 2 N–H and O–H groups in total. The van der Waals surface area contributed by atoms with E-state index in [9.17, 15) is 0 Å². The van der Waals surface area contributed by atoms with E-state index >= 15 is 0 Å². The molecule has 0 spiro atoms. The number of pyridine rings is 1. The van der Waals surface area contributed by atoms with Crippen molar-refractivity contribution in [1.29, 1.82) is 0 Å². The molecule has 4 heteroatoms. The molecule has 0 atom stereocenters. The smallest absolute Gasteiger partial charge is 0.140 e. The number of aryl methyl sites for hydroxylation is 1. The van der Waals surface area contributed by atoms with Gasteiger partial charge in [-0.05, 0) is 47.3 Å². The summed E-state index contributed by atoms with van der Waals surface area (Å²) in [4.78, 5) is 4.35. The van der Waals surface area contributed by atoms with E-state index in [4.69, 9.17) is 0 Å². The minimum Gasteiger partial charge on any atom is -0.368 e. The van der Waals surface area contributed by atoms with Crippen LogP contribution in [0.2, 0.25) is 0 Å². The number of nitrogens with one attached hydrogen (secondary N) is 2. The van der Waals surface area contributed by atoms with Gasteiger partial charge in [0.15, 0.2) is 0 Å². The number of nitrogens with zero attached hydrogens (tertiary/aromatic N) is 1. The van der Waals surface area contributed by atoms with Crippen molar-refractivity contribution >= 4 is 21.7 Å². The predicted octanol–water partition coefficient (Wildman–Crippen LogP) is 3.88. The fourth-order valence-electron chi connectivity index (χ4n) is 2.60. The fraction of sp³-hybridized carbons (Fsp3) is 0.667. The summed E-state index contributed by atoms with van der Waals surface area (Å²) in [5, 5.41) is 7.05. The molecule has 0 saturated heterocycles. The first-order valence-corrected chi connectivity index (χ1v) is 8.15. The van der Waals surface area contributed by atoms with E-state index in [1.54, 1.807) is 0 Å². The van der Waals surface area contributed by atoms with Gasteiger partial charge in [0.25, 0.3) is 0 Å². The number of hydrogen-bond donors (Lipinski definition) is 2. The van der Waals surface area contributed by atoms with E-state index in [1.807, 2.05) is 12.3 Å². The van der Waals surface area contributed by atoms with Crippen molar-refractivity contribution < 1.29 is 0 Å². The molecule has 106 valence electrons. The van der Waals surface area contributed by atoms with Gasteiger partial charge in [-0.2, -0.15) is 0 Å². The van der Waals surface area contributed by atoms with Crippen LogP contribution in [-0.2, 0) is 0 Å². The molecule has 1 fully saturated rings. The van der Waals surface area contributed by atoms with Crippen LogP contribution in [0.15, 0.2) is 16.7 Å². The van der Waals surface area contributed by atoms with Crippen LogP contribution >= 0.6 is 15.9 Å². The number of halogens is 1. The average molecular weight is 326 g/mol. The normalized spacial score (nSPS) is 17.2. The molecule has 0 bridgehead atoms. The second-order valence-corrected chi connectivity index (χ2v) is 6.15. The largest absolute Gasteiger partial charge is 0.368 e. The molecule has 3 nitrogen and oxygen atoms in total. The molecule has 0 aromatic carbocycles. The minimum absolute atomic E-state index is 0.721. The maximum absolute atomic E-state index is 4.35. The van der Waals surface area contributed by atoms with Gasteiger partial charge in [0.2, 0.25) is 0 Å². The highest BCUT2D eigenvalue weighted by Gasteiger charge is 2.10. The Morgan fingerprint density at radius 2 is 1.95 bits per heavy atom. The highest BCUT2D eigenvalue weighted by molar-refractivity contribution is 9.10. The molecule has 0 radical (unpaired) electrons. The second kappa shape index (κ2) is 7.85. The Labute approximate surface area is 124 Å². The van der Waals surface area contributed by atoms with E-state index in [2.05, 4.69) is 38.5 Å².